The molecule has 0 spiro atoms. The third kappa shape index (κ3) is 4.29. The second-order valence-electron chi connectivity index (χ2n) is 8.92. The lowest BCUT2D eigenvalue weighted by Gasteiger charge is -2.34. The fraction of sp³-hybridized carbons (Fsp3) is 0.375. The number of aromatic nitrogens is 1. The predicted molar refractivity (Wildman–Crippen MR) is 126 cm³/mol. The van der Waals surface area contributed by atoms with Gasteiger partial charge in [0.05, 0.1) is 18.3 Å². The first kappa shape index (κ1) is 23.2. The van der Waals surface area contributed by atoms with Crippen LogP contribution in [0, 0.1) is 17.1 Å². The van der Waals surface area contributed by atoms with Gasteiger partial charge in [-0.15, -0.1) is 0 Å². The van der Waals surface area contributed by atoms with E-state index in [1.807, 2.05) is 4.90 Å². The maximum Gasteiger partial charge on any atom is 0.272 e. The van der Waals surface area contributed by atoms with E-state index < -0.39 is 17.5 Å². The number of anilines is 1. The van der Waals surface area contributed by atoms with E-state index in [2.05, 4.69) is 21.1 Å². The number of fused-ring (bicyclic) bond motifs is 5. The van der Waals surface area contributed by atoms with Crippen LogP contribution in [0.1, 0.15) is 43.6 Å². The molecule has 9 nitrogen and oxygen atoms in total. The minimum Gasteiger partial charge on any atom is -0.482 e. The number of benzene rings is 1. The molecule has 0 aliphatic carbocycles. The lowest BCUT2D eigenvalue weighted by molar-refractivity contribution is -0.123. The summed E-state index contributed by atoms with van der Waals surface area (Å²) >= 11 is 0. The quantitative estimate of drug-likeness (QED) is 0.537. The maximum absolute atomic E-state index is 14.3. The molecule has 34 heavy (non-hydrogen) atoms. The highest BCUT2D eigenvalue weighted by molar-refractivity contribution is 6.15. The number of carbonyl (C=O) groups is 1. The van der Waals surface area contributed by atoms with Crippen molar-refractivity contribution in [1.82, 2.24) is 14.9 Å². The monoisotopic (exact) mass is 463 g/mol. The van der Waals surface area contributed by atoms with Crippen molar-refractivity contribution in [1.29, 1.82) is 5.26 Å². The van der Waals surface area contributed by atoms with E-state index in [4.69, 9.17) is 15.7 Å². The minimum atomic E-state index is -0.950. The molecule has 2 N–H and O–H groups in total. The molecule has 0 fully saturated rings. The number of nitriles is 1. The molecule has 1 unspecified atom stereocenters. The summed E-state index contributed by atoms with van der Waals surface area (Å²) in [5, 5.41) is 15.2. The molecule has 0 radical (unpaired) electrons. The standard InChI is InChI=1S/C24H26FN7O2/c1-14-19-11-16(25)5-6-18(19)22-29-23(33)24(2,3)32(22)13-17(30-31(4)8-7-26)9-15-10-20(34-14)21(27)28-12-15/h5-6,10-12,14H,8-9,13H2,1-4H3,(H2,27,28). The van der Waals surface area contributed by atoms with Crippen LogP contribution in [0.25, 0.3) is 0 Å². The van der Waals surface area contributed by atoms with E-state index in [-0.39, 0.29) is 24.8 Å². The van der Waals surface area contributed by atoms with Crippen molar-refractivity contribution in [2.45, 2.75) is 38.8 Å². The molecule has 2 aliphatic rings. The van der Waals surface area contributed by atoms with E-state index in [9.17, 15) is 9.18 Å². The van der Waals surface area contributed by atoms with Crippen molar-refractivity contribution in [3.8, 4) is 11.8 Å². The van der Waals surface area contributed by atoms with Crippen molar-refractivity contribution < 1.29 is 13.9 Å². The molecule has 1 atom stereocenters. The number of nitrogens with two attached hydrogens (primary N) is 1. The molecular formula is C24H26FN7O2. The van der Waals surface area contributed by atoms with Crippen LogP contribution in [0.4, 0.5) is 10.2 Å². The fourth-order valence-corrected chi connectivity index (χ4v) is 4.09. The number of ether oxygens (including phenoxy) is 1. The second kappa shape index (κ2) is 8.74. The van der Waals surface area contributed by atoms with Crippen LogP contribution in [-0.4, -0.2) is 58.0 Å². The third-order valence-electron chi connectivity index (χ3n) is 5.96. The summed E-state index contributed by atoms with van der Waals surface area (Å²) in [5.41, 5.74) is 7.70. The first-order valence-corrected chi connectivity index (χ1v) is 10.9. The lowest BCUT2D eigenvalue weighted by Crippen LogP contribution is -2.50. The molecule has 1 aromatic heterocycles. The summed E-state index contributed by atoms with van der Waals surface area (Å²) < 4.78 is 20.4. The smallest absolute Gasteiger partial charge is 0.272 e. The Bertz CT molecular complexity index is 1250. The molecule has 10 heteroatoms. The van der Waals surface area contributed by atoms with Gasteiger partial charge >= 0.3 is 0 Å². The number of rotatable bonds is 2. The molecule has 2 aromatic rings. The van der Waals surface area contributed by atoms with E-state index in [1.165, 1.54) is 17.1 Å². The molecule has 4 rings (SSSR count). The van der Waals surface area contributed by atoms with Crippen molar-refractivity contribution in [3.05, 3.63) is 53.0 Å². The number of amidine groups is 1. The van der Waals surface area contributed by atoms with Crippen LogP contribution in [0.2, 0.25) is 0 Å². The molecule has 0 saturated carbocycles. The third-order valence-corrected chi connectivity index (χ3v) is 5.96. The summed E-state index contributed by atoms with van der Waals surface area (Å²) in [5.74, 6) is 0.259. The molecule has 2 bridgehead atoms. The summed E-state index contributed by atoms with van der Waals surface area (Å²) in [4.78, 5) is 23.4. The number of nitrogens with zero attached hydrogens (tertiary/aromatic N) is 6. The highest BCUT2D eigenvalue weighted by atomic mass is 19.1. The maximum atomic E-state index is 14.3. The lowest BCUT2D eigenvalue weighted by atomic mass is 9.97. The number of nitrogen functional groups attached to an aromatic ring is 1. The van der Waals surface area contributed by atoms with Crippen LogP contribution in [0.3, 0.4) is 0 Å². The minimum absolute atomic E-state index is 0.0980. The Balaban J connectivity index is 1.93. The summed E-state index contributed by atoms with van der Waals surface area (Å²) in [6, 6.07) is 8.18. The van der Waals surface area contributed by atoms with Gasteiger partial charge in [0.2, 0.25) is 0 Å². The van der Waals surface area contributed by atoms with Gasteiger partial charge in [0.25, 0.3) is 5.91 Å². The molecule has 2 aliphatic heterocycles. The van der Waals surface area contributed by atoms with Gasteiger partial charge in [0.1, 0.15) is 29.8 Å². The number of hydrazone groups is 1. The first-order chi connectivity index (χ1) is 16.1. The van der Waals surface area contributed by atoms with E-state index in [1.54, 1.807) is 46.1 Å². The van der Waals surface area contributed by atoms with Gasteiger partial charge in [-0.3, -0.25) is 9.80 Å². The van der Waals surface area contributed by atoms with Gasteiger partial charge in [0, 0.05) is 30.8 Å². The highest BCUT2D eigenvalue weighted by Gasteiger charge is 2.44. The number of aliphatic imine (C=N–C) groups is 1. The zero-order valence-corrected chi connectivity index (χ0v) is 19.5. The molecule has 176 valence electrons. The largest absolute Gasteiger partial charge is 0.482 e. The zero-order chi connectivity index (χ0) is 24.6. The van der Waals surface area contributed by atoms with E-state index in [0.29, 0.717) is 34.8 Å². The summed E-state index contributed by atoms with van der Waals surface area (Å²) in [6.45, 7) is 5.73. The first-order valence-electron chi connectivity index (χ1n) is 10.9. The van der Waals surface area contributed by atoms with Gasteiger partial charge in [-0.25, -0.2) is 9.37 Å². The van der Waals surface area contributed by atoms with Gasteiger partial charge in [-0.2, -0.15) is 15.4 Å². The molecule has 3 heterocycles. The van der Waals surface area contributed by atoms with E-state index in [0.717, 1.165) is 5.56 Å². The number of halogens is 1. The van der Waals surface area contributed by atoms with Gasteiger partial charge in [-0.1, -0.05) is 0 Å². The highest BCUT2D eigenvalue weighted by Crippen LogP contribution is 2.34. The van der Waals surface area contributed by atoms with Crippen molar-refractivity contribution in [2.24, 2.45) is 10.1 Å². The molecular weight excluding hydrogens is 437 g/mol. The normalized spacial score (nSPS) is 20.3. The number of amides is 1. The number of carbonyl (C=O) groups excluding carboxylic acids is 1. The average molecular weight is 464 g/mol. The van der Waals surface area contributed by atoms with Crippen molar-refractivity contribution >= 4 is 23.3 Å². The fourth-order valence-electron chi connectivity index (χ4n) is 4.09. The van der Waals surface area contributed by atoms with E-state index >= 15 is 0 Å². The Hall–Kier alpha value is -4.00. The van der Waals surface area contributed by atoms with Crippen molar-refractivity contribution in [2.75, 3.05) is 25.9 Å². The summed E-state index contributed by atoms with van der Waals surface area (Å²) in [6.07, 6.45) is 1.43. The van der Waals surface area contributed by atoms with Gasteiger partial charge < -0.3 is 15.4 Å². The topological polar surface area (TPSA) is 120 Å². The Morgan fingerprint density at radius 2 is 2.18 bits per heavy atom. The van der Waals surface area contributed by atoms with Crippen LogP contribution in [0.15, 0.2) is 40.6 Å². The summed E-state index contributed by atoms with van der Waals surface area (Å²) in [7, 11) is 1.71. The average Bonchev–Trinajstić information content (AvgIpc) is 2.98. The number of pyridine rings is 1. The second-order valence-corrected chi connectivity index (χ2v) is 8.92. The number of hydrogen-bond acceptors (Lipinski definition) is 8. The van der Waals surface area contributed by atoms with Gasteiger partial charge in [-0.05, 0) is 50.6 Å². The molecule has 1 amide bonds. The SMILES string of the molecule is CC1Oc2cc(cnc2N)CC(=NN(C)CC#N)CN2C(=NC(=O)C2(C)C)c2ccc(F)cc21. The van der Waals surface area contributed by atoms with Crippen molar-refractivity contribution in [3.63, 3.8) is 0 Å². The van der Waals surface area contributed by atoms with Crippen LogP contribution in [0.5, 0.6) is 5.75 Å². The Morgan fingerprint density at radius 1 is 1.41 bits per heavy atom. The Labute approximate surface area is 197 Å². The molecule has 0 saturated heterocycles. The predicted octanol–water partition coefficient (Wildman–Crippen LogP) is 2.68. The Morgan fingerprint density at radius 3 is 2.91 bits per heavy atom. The Kier molecular flexibility index (Phi) is 5.96. The van der Waals surface area contributed by atoms with Crippen LogP contribution < -0.4 is 10.5 Å². The van der Waals surface area contributed by atoms with Gasteiger partial charge in [0.15, 0.2) is 11.6 Å². The zero-order valence-electron chi connectivity index (χ0n) is 19.5. The molecule has 1 aromatic carbocycles. The van der Waals surface area contributed by atoms with Crippen LogP contribution in [-0.2, 0) is 11.2 Å². The number of hydrogen-bond donors (Lipinski definition) is 1. The van der Waals surface area contributed by atoms with Crippen LogP contribution >= 0.6 is 0 Å².